The summed E-state index contributed by atoms with van der Waals surface area (Å²) in [5, 5.41) is 20.2. The molecular weight excluding hydrogens is 360 g/mol. The van der Waals surface area contributed by atoms with E-state index in [0.717, 1.165) is 0 Å². The van der Waals surface area contributed by atoms with Crippen LogP contribution in [-0.2, 0) is 9.59 Å². The maximum atomic E-state index is 10.1. The first-order valence-electron chi connectivity index (χ1n) is 7.16. The van der Waals surface area contributed by atoms with Crippen molar-refractivity contribution in [3.8, 4) is 0 Å². The molecule has 0 saturated carbocycles. The van der Waals surface area contributed by atoms with Crippen LogP contribution >= 0.6 is 0 Å². The van der Waals surface area contributed by atoms with E-state index < -0.39 is 9.85 Å². The lowest BCUT2D eigenvalue weighted by Gasteiger charge is -1.89. The maximum Gasteiger partial charge on any atom is 0.269 e. The fraction of sp³-hybridized carbons (Fsp3) is 0.0588. The summed E-state index contributed by atoms with van der Waals surface area (Å²) in [6, 6.07) is 10.8. The second kappa shape index (κ2) is 13.2. The van der Waals surface area contributed by atoms with Crippen molar-refractivity contribution in [1.29, 1.82) is 0 Å². The minimum atomic E-state index is -0.505. The number of aldehydes is 4. The number of non-ortho nitro benzene ring substituents is 2. The lowest BCUT2D eigenvalue weighted by atomic mass is 10.2. The molecule has 0 saturated heterocycles. The Balaban J connectivity index is 0.000000405. The fourth-order valence-corrected chi connectivity index (χ4v) is 1.39. The van der Waals surface area contributed by atoms with Crippen molar-refractivity contribution in [3.05, 3.63) is 79.9 Å². The molecule has 0 N–H and O–H groups in total. The minimum absolute atomic E-state index is 0.00407. The molecule has 10 nitrogen and oxygen atoms in total. The summed E-state index contributed by atoms with van der Waals surface area (Å²) in [7, 11) is 0. The van der Waals surface area contributed by atoms with Gasteiger partial charge in [-0.2, -0.15) is 0 Å². The SMILES string of the molecule is O=CCC=O.O=Cc1ccc([N+](=O)[O-])cc1.O=Cc1ccc([N+](=O)[O-])cc1. The van der Waals surface area contributed by atoms with Crippen LogP contribution in [0.2, 0.25) is 0 Å². The molecule has 10 heteroatoms. The van der Waals surface area contributed by atoms with Gasteiger partial charge >= 0.3 is 0 Å². The number of hydrogen-bond donors (Lipinski definition) is 0. The van der Waals surface area contributed by atoms with Crippen LogP contribution in [0.4, 0.5) is 11.4 Å². The Hall–Kier alpha value is -4.08. The molecule has 0 unspecified atom stereocenters. The minimum Gasteiger partial charge on any atom is -0.303 e. The quantitative estimate of drug-likeness (QED) is 0.323. The highest BCUT2D eigenvalue weighted by atomic mass is 16.6. The summed E-state index contributed by atoms with van der Waals surface area (Å²) < 4.78 is 0. The van der Waals surface area contributed by atoms with Crippen molar-refractivity contribution in [2.24, 2.45) is 0 Å². The molecule has 2 aromatic rings. The van der Waals surface area contributed by atoms with Crippen LogP contribution in [0, 0.1) is 20.2 Å². The second-order valence-corrected chi connectivity index (χ2v) is 4.50. The number of carbonyl (C=O) groups excluding carboxylic acids is 4. The summed E-state index contributed by atoms with van der Waals surface area (Å²) in [4.78, 5) is 57.8. The van der Waals surface area contributed by atoms with E-state index in [2.05, 4.69) is 0 Å². The largest absolute Gasteiger partial charge is 0.303 e. The Morgan fingerprint density at radius 1 is 0.630 bits per heavy atom. The van der Waals surface area contributed by atoms with Gasteiger partial charge in [0.05, 0.1) is 16.3 Å². The fourth-order valence-electron chi connectivity index (χ4n) is 1.39. The van der Waals surface area contributed by atoms with E-state index in [9.17, 15) is 39.4 Å². The first-order chi connectivity index (χ1) is 12.9. The Morgan fingerprint density at radius 2 is 0.926 bits per heavy atom. The smallest absolute Gasteiger partial charge is 0.269 e. The first kappa shape index (κ1) is 22.9. The molecule has 0 spiro atoms. The van der Waals surface area contributed by atoms with Gasteiger partial charge in [-0.3, -0.25) is 29.8 Å². The van der Waals surface area contributed by atoms with Gasteiger partial charge in [-0.1, -0.05) is 0 Å². The third kappa shape index (κ3) is 9.72. The van der Waals surface area contributed by atoms with Crippen molar-refractivity contribution in [3.63, 3.8) is 0 Å². The number of nitrogens with zero attached hydrogens (tertiary/aromatic N) is 2. The van der Waals surface area contributed by atoms with E-state index in [0.29, 0.717) is 36.3 Å². The number of nitro groups is 2. The van der Waals surface area contributed by atoms with Gasteiger partial charge in [-0.15, -0.1) is 0 Å². The Morgan fingerprint density at radius 3 is 1.07 bits per heavy atom. The average Bonchev–Trinajstić information content (AvgIpc) is 2.69. The molecule has 27 heavy (non-hydrogen) atoms. The Bertz CT molecular complexity index is 718. The third-order valence-corrected chi connectivity index (χ3v) is 2.67. The summed E-state index contributed by atoms with van der Waals surface area (Å²) in [6.07, 6.45) is 2.44. The highest BCUT2D eigenvalue weighted by Gasteiger charge is 2.02. The van der Waals surface area contributed by atoms with E-state index in [-0.39, 0.29) is 17.8 Å². The zero-order valence-corrected chi connectivity index (χ0v) is 13.8. The molecular formula is C17H14N2O8. The van der Waals surface area contributed by atoms with Crippen LogP contribution in [0.5, 0.6) is 0 Å². The number of carbonyl (C=O) groups is 4. The first-order valence-corrected chi connectivity index (χ1v) is 7.16. The van der Waals surface area contributed by atoms with Crippen molar-refractivity contribution < 1.29 is 29.0 Å². The third-order valence-electron chi connectivity index (χ3n) is 2.67. The second-order valence-electron chi connectivity index (χ2n) is 4.50. The van der Waals surface area contributed by atoms with E-state index >= 15 is 0 Å². The van der Waals surface area contributed by atoms with Crippen LogP contribution in [0.15, 0.2) is 48.5 Å². The molecule has 2 aromatic carbocycles. The lowest BCUT2D eigenvalue weighted by Crippen LogP contribution is -1.87. The predicted octanol–water partition coefficient (Wildman–Crippen LogP) is 2.59. The van der Waals surface area contributed by atoms with Crippen molar-refractivity contribution in [2.75, 3.05) is 0 Å². The topological polar surface area (TPSA) is 155 Å². The zero-order chi connectivity index (χ0) is 20.7. The van der Waals surface area contributed by atoms with E-state index in [1.54, 1.807) is 0 Å². The van der Waals surface area contributed by atoms with Crippen molar-refractivity contribution >= 4 is 36.5 Å². The number of rotatable bonds is 6. The number of benzene rings is 2. The lowest BCUT2D eigenvalue weighted by molar-refractivity contribution is -0.385. The molecule has 0 atom stereocenters. The van der Waals surface area contributed by atoms with Crippen LogP contribution < -0.4 is 0 Å². The monoisotopic (exact) mass is 374 g/mol. The van der Waals surface area contributed by atoms with Crippen LogP contribution in [0.1, 0.15) is 27.1 Å². The van der Waals surface area contributed by atoms with Crippen molar-refractivity contribution in [2.45, 2.75) is 6.42 Å². The highest BCUT2D eigenvalue weighted by molar-refractivity contribution is 5.75. The van der Waals surface area contributed by atoms with Crippen LogP contribution in [0.25, 0.3) is 0 Å². The maximum absolute atomic E-state index is 10.1. The van der Waals surface area contributed by atoms with Gasteiger partial charge in [-0.25, -0.2) is 0 Å². The molecule has 0 aliphatic heterocycles. The number of hydrogen-bond acceptors (Lipinski definition) is 8. The van der Waals surface area contributed by atoms with Gasteiger partial charge in [0, 0.05) is 35.4 Å². The highest BCUT2D eigenvalue weighted by Crippen LogP contribution is 2.10. The summed E-state index contributed by atoms with van der Waals surface area (Å²) in [5.74, 6) is 0. The normalized spacial score (nSPS) is 8.59. The Labute approximate surface area is 152 Å². The van der Waals surface area contributed by atoms with Crippen LogP contribution in [-0.4, -0.2) is 35.0 Å². The molecule has 140 valence electrons. The van der Waals surface area contributed by atoms with E-state index in [1.807, 2.05) is 0 Å². The summed E-state index contributed by atoms with van der Waals surface area (Å²) in [5.41, 5.74) is 0.873. The number of nitro benzene ring substituents is 2. The molecule has 0 aliphatic carbocycles. The average molecular weight is 374 g/mol. The molecule has 0 bridgehead atoms. The standard InChI is InChI=1S/2C7H5NO3.C3H4O2/c2*9-5-6-1-3-7(4-2-6)8(10)11;4-2-1-3-5/h2*1-5H;2-3H,1H2. The van der Waals surface area contributed by atoms with Gasteiger partial charge < -0.3 is 9.59 Å². The molecule has 0 aromatic heterocycles. The van der Waals surface area contributed by atoms with Crippen LogP contribution in [0.3, 0.4) is 0 Å². The Kier molecular flexibility index (Phi) is 11.2. The molecule has 2 rings (SSSR count). The molecule has 0 heterocycles. The molecule has 0 radical (unpaired) electrons. The van der Waals surface area contributed by atoms with Gasteiger partial charge in [-0.05, 0) is 24.3 Å². The van der Waals surface area contributed by atoms with Gasteiger partial charge in [0.2, 0.25) is 0 Å². The van der Waals surface area contributed by atoms with E-state index in [4.69, 9.17) is 0 Å². The zero-order valence-electron chi connectivity index (χ0n) is 13.8. The molecule has 0 fully saturated rings. The van der Waals surface area contributed by atoms with E-state index in [1.165, 1.54) is 48.5 Å². The summed E-state index contributed by atoms with van der Waals surface area (Å²) >= 11 is 0. The van der Waals surface area contributed by atoms with Crippen molar-refractivity contribution in [1.82, 2.24) is 0 Å². The molecule has 0 aliphatic rings. The van der Waals surface area contributed by atoms with Gasteiger partial charge in [0.25, 0.3) is 11.4 Å². The molecule has 0 amide bonds. The summed E-state index contributed by atoms with van der Waals surface area (Å²) in [6.45, 7) is 0. The van der Waals surface area contributed by atoms with Gasteiger partial charge in [0.15, 0.2) is 0 Å². The predicted molar refractivity (Wildman–Crippen MR) is 93.7 cm³/mol. The van der Waals surface area contributed by atoms with Gasteiger partial charge in [0.1, 0.15) is 25.1 Å².